The minimum Gasteiger partial charge on any atom is -0.376 e. The van der Waals surface area contributed by atoms with E-state index in [1.165, 1.54) is 0 Å². The van der Waals surface area contributed by atoms with Gasteiger partial charge >= 0.3 is 0 Å². The van der Waals surface area contributed by atoms with Gasteiger partial charge in [-0.05, 0) is 6.92 Å². The van der Waals surface area contributed by atoms with Crippen LogP contribution in [0.2, 0.25) is 0 Å². The Morgan fingerprint density at radius 2 is 2.15 bits per heavy atom. The van der Waals surface area contributed by atoms with Crippen LogP contribution in [0, 0.1) is 6.92 Å². The molecule has 0 N–H and O–H groups in total. The maximum atomic E-state index is 5.26. The first-order valence-corrected chi connectivity index (χ1v) is 4.75. The summed E-state index contributed by atoms with van der Waals surface area (Å²) in [6.07, 6.45) is 2.79. The molecule has 1 aromatic rings. The van der Waals surface area contributed by atoms with Gasteiger partial charge in [-0.3, -0.25) is 0 Å². The highest BCUT2D eigenvalue weighted by molar-refractivity contribution is 5.18. The van der Waals surface area contributed by atoms with Gasteiger partial charge in [0, 0.05) is 18.2 Å². The van der Waals surface area contributed by atoms with E-state index in [1.54, 1.807) is 0 Å². The molecule has 0 radical (unpaired) electrons. The van der Waals surface area contributed by atoms with E-state index in [-0.39, 0.29) is 0 Å². The number of aryl methyl sites for hydroxylation is 1. The number of hydrogen-bond acceptors (Lipinski definition) is 3. The van der Waals surface area contributed by atoms with Gasteiger partial charge in [0.2, 0.25) is 0 Å². The van der Waals surface area contributed by atoms with Crippen LogP contribution in [-0.2, 0) is 17.8 Å². The Morgan fingerprint density at radius 3 is 2.92 bits per heavy atom. The average molecular weight is 180 g/mol. The standard InChI is InChI=1S/C8H10N2O.C2H6/c1-6-9-4-7-5-11-3-2-8(7)10-6;1-2/h4H,2-3,5H2,1H3;1-2H3. The summed E-state index contributed by atoms with van der Waals surface area (Å²) in [6.45, 7) is 7.38. The highest BCUT2D eigenvalue weighted by Gasteiger charge is 2.10. The normalized spacial score (nSPS) is 14.1. The molecule has 0 unspecified atom stereocenters. The van der Waals surface area contributed by atoms with E-state index in [2.05, 4.69) is 9.97 Å². The summed E-state index contributed by atoms with van der Waals surface area (Å²) >= 11 is 0. The summed E-state index contributed by atoms with van der Waals surface area (Å²) in [5, 5.41) is 0. The van der Waals surface area contributed by atoms with Crippen molar-refractivity contribution < 1.29 is 4.74 Å². The number of fused-ring (bicyclic) bond motifs is 1. The van der Waals surface area contributed by atoms with Crippen molar-refractivity contribution in [2.45, 2.75) is 33.8 Å². The zero-order valence-electron chi connectivity index (χ0n) is 8.50. The molecule has 0 fully saturated rings. The van der Waals surface area contributed by atoms with Crippen LogP contribution in [-0.4, -0.2) is 16.6 Å². The van der Waals surface area contributed by atoms with Gasteiger partial charge in [-0.25, -0.2) is 9.97 Å². The molecule has 3 heteroatoms. The predicted molar refractivity (Wildman–Crippen MR) is 51.5 cm³/mol. The van der Waals surface area contributed by atoms with E-state index in [1.807, 2.05) is 27.0 Å². The molecule has 2 rings (SSSR count). The Bertz CT molecular complexity index is 274. The topological polar surface area (TPSA) is 35.0 Å². The molecule has 72 valence electrons. The van der Waals surface area contributed by atoms with Gasteiger partial charge in [0.15, 0.2) is 0 Å². The highest BCUT2D eigenvalue weighted by Crippen LogP contribution is 2.12. The van der Waals surface area contributed by atoms with Crippen LogP contribution in [0.4, 0.5) is 0 Å². The molecular formula is C10H16N2O. The fourth-order valence-corrected chi connectivity index (χ4v) is 1.23. The second kappa shape index (κ2) is 4.92. The van der Waals surface area contributed by atoms with Crippen molar-refractivity contribution in [1.29, 1.82) is 0 Å². The lowest BCUT2D eigenvalue weighted by atomic mass is 10.1. The summed E-state index contributed by atoms with van der Waals surface area (Å²) in [7, 11) is 0. The molecule has 1 aliphatic heterocycles. The summed E-state index contributed by atoms with van der Waals surface area (Å²) < 4.78 is 5.26. The van der Waals surface area contributed by atoms with Gasteiger partial charge in [0.1, 0.15) is 5.82 Å². The Labute approximate surface area is 79.2 Å². The third-order valence-corrected chi connectivity index (χ3v) is 1.82. The summed E-state index contributed by atoms with van der Waals surface area (Å²) in [4.78, 5) is 8.42. The van der Waals surface area contributed by atoms with Crippen LogP contribution in [0.25, 0.3) is 0 Å². The Kier molecular flexibility index (Phi) is 3.83. The molecule has 0 saturated carbocycles. The Morgan fingerprint density at radius 1 is 1.38 bits per heavy atom. The molecule has 0 bridgehead atoms. The molecule has 0 spiro atoms. The van der Waals surface area contributed by atoms with Crippen molar-refractivity contribution >= 4 is 0 Å². The largest absolute Gasteiger partial charge is 0.376 e. The first-order chi connectivity index (χ1) is 6.36. The number of rotatable bonds is 0. The van der Waals surface area contributed by atoms with Crippen LogP contribution in [0.5, 0.6) is 0 Å². The third kappa shape index (κ3) is 2.49. The van der Waals surface area contributed by atoms with E-state index < -0.39 is 0 Å². The number of nitrogens with zero attached hydrogens (tertiary/aromatic N) is 2. The van der Waals surface area contributed by atoms with E-state index in [0.29, 0.717) is 6.61 Å². The average Bonchev–Trinajstić information content (AvgIpc) is 2.21. The summed E-state index contributed by atoms with van der Waals surface area (Å²) in [5.41, 5.74) is 2.30. The molecule has 1 aliphatic rings. The maximum absolute atomic E-state index is 5.26. The second-order valence-electron chi connectivity index (χ2n) is 2.69. The van der Waals surface area contributed by atoms with Gasteiger partial charge in [0.25, 0.3) is 0 Å². The third-order valence-electron chi connectivity index (χ3n) is 1.82. The van der Waals surface area contributed by atoms with E-state index in [9.17, 15) is 0 Å². The van der Waals surface area contributed by atoms with Crippen molar-refractivity contribution in [1.82, 2.24) is 9.97 Å². The minimum atomic E-state index is 0.676. The van der Waals surface area contributed by atoms with Crippen molar-refractivity contribution in [3.05, 3.63) is 23.3 Å². The predicted octanol–water partition coefficient (Wildman–Crippen LogP) is 1.88. The Hall–Kier alpha value is -0.960. The van der Waals surface area contributed by atoms with Gasteiger partial charge in [-0.1, -0.05) is 13.8 Å². The van der Waals surface area contributed by atoms with Gasteiger partial charge in [-0.15, -0.1) is 0 Å². The maximum Gasteiger partial charge on any atom is 0.125 e. The number of hydrogen-bond donors (Lipinski definition) is 0. The second-order valence-corrected chi connectivity index (χ2v) is 2.69. The van der Waals surface area contributed by atoms with Gasteiger partial charge < -0.3 is 4.74 Å². The molecule has 3 nitrogen and oxygen atoms in total. The molecule has 0 aromatic carbocycles. The molecule has 13 heavy (non-hydrogen) atoms. The fraction of sp³-hybridized carbons (Fsp3) is 0.600. The van der Waals surface area contributed by atoms with E-state index in [4.69, 9.17) is 4.74 Å². The van der Waals surface area contributed by atoms with E-state index in [0.717, 1.165) is 30.1 Å². The summed E-state index contributed by atoms with van der Waals surface area (Å²) in [5.74, 6) is 0.852. The zero-order valence-corrected chi connectivity index (χ0v) is 8.50. The first-order valence-electron chi connectivity index (χ1n) is 4.75. The molecule has 0 aliphatic carbocycles. The van der Waals surface area contributed by atoms with Gasteiger partial charge in [-0.2, -0.15) is 0 Å². The van der Waals surface area contributed by atoms with Crippen LogP contribution < -0.4 is 0 Å². The van der Waals surface area contributed by atoms with Crippen LogP contribution in [0.3, 0.4) is 0 Å². The minimum absolute atomic E-state index is 0.676. The highest BCUT2D eigenvalue weighted by atomic mass is 16.5. The lowest BCUT2D eigenvalue weighted by Crippen LogP contribution is -2.12. The van der Waals surface area contributed by atoms with Crippen LogP contribution in [0.1, 0.15) is 30.9 Å². The lowest BCUT2D eigenvalue weighted by Gasteiger charge is -2.14. The molecule has 0 atom stereocenters. The van der Waals surface area contributed by atoms with E-state index >= 15 is 0 Å². The van der Waals surface area contributed by atoms with Crippen molar-refractivity contribution in [2.75, 3.05) is 6.61 Å². The Balaban J connectivity index is 0.000000396. The smallest absolute Gasteiger partial charge is 0.125 e. The first kappa shape index (κ1) is 10.1. The van der Waals surface area contributed by atoms with Crippen LogP contribution in [0.15, 0.2) is 6.20 Å². The van der Waals surface area contributed by atoms with Crippen molar-refractivity contribution in [2.24, 2.45) is 0 Å². The fourth-order valence-electron chi connectivity index (χ4n) is 1.23. The lowest BCUT2D eigenvalue weighted by molar-refractivity contribution is 0.108. The van der Waals surface area contributed by atoms with Crippen molar-refractivity contribution in [3.63, 3.8) is 0 Å². The monoisotopic (exact) mass is 180 g/mol. The number of ether oxygens (including phenoxy) is 1. The zero-order chi connectivity index (χ0) is 9.68. The summed E-state index contributed by atoms with van der Waals surface area (Å²) in [6, 6.07) is 0. The SMILES string of the molecule is CC.Cc1ncc2c(n1)CCOC2. The molecule has 2 heterocycles. The molecular weight excluding hydrogens is 164 g/mol. The molecule has 0 amide bonds. The quantitative estimate of drug-likeness (QED) is 0.611. The molecule has 0 saturated heterocycles. The molecule has 1 aromatic heterocycles. The van der Waals surface area contributed by atoms with Crippen LogP contribution >= 0.6 is 0 Å². The van der Waals surface area contributed by atoms with Gasteiger partial charge in [0.05, 0.1) is 18.9 Å². The number of aromatic nitrogens is 2. The van der Waals surface area contributed by atoms with Crippen molar-refractivity contribution in [3.8, 4) is 0 Å².